The van der Waals surface area contributed by atoms with E-state index in [1.807, 2.05) is 30.3 Å². The Labute approximate surface area is 162 Å². The molecule has 0 spiro atoms. The molecular formula is C15H17N5O3S3. The number of hydrogen-bond donors (Lipinski definition) is 3. The van der Waals surface area contributed by atoms with Crippen molar-refractivity contribution in [3.8, 4) is 0 Å². The van der Waals surface area contributed by atoms with Crippen molar-refractivity contribution < 1.29 is 14.4 Å². The molecule has 138 valence electrons. The van der Waals surface area contributed by atoms with Crippen molar-refractivity contribution in [1.82, 2.24) is 20.8 Å². The third-order valence-corrected chi connectivity index (χ3v) is 6.04. The van der Waals surface area contributed by atoms with Gasteiger partial charge in [0, 0.05) is 18.7 Å². The third-order valence-electron chi connectivity index (χ3n) is 2.83. The molecule has 0 radical (unpaired) electrons. The van der Waals surface area contributed by atoms with E-state index in [9.17, 15) is 14.4 Å². The van der Waals surface area contributed by atoms with Crippen LogP contribution in [0.15, 0.2) is 39.0 Å². The molecule has 0 saturated carbocycles. The van der Waals surface area contributed by atoms with Gasteiger partial charge in [-0.3, -0.25) is 14.9 Å². The summed E-state index contributed by atoms with van der Waals surface area (Å²) in [5.74, 6) is -0.162. The fourth-order valence-corrected chi connectivity index (χ4v) is 4.46. The molecule has 0 unspecified atom stereocenters. The summed E-state index contributed by atoms with van der Waals surface area (Å²) in [6, 6.07) is 8.89. The van der Waals surface area contributed by atoms with Crippen LogP contribution in [0, 0.1) is 0 Å². The molecule has 0 aliphatic rings. The summed E-state index contributed by atoms with van der Waals surface area (Å²) in [6.45, 7) is 0.352. The topological polar surface area (TPSA) is 127 Å². The number of primary amides is 1. The predicted octanol–water partition coefficient (Wildman–Crippen LogP) is 1.62. The van der Waals surface area contributed by atoms with Crippen LogP contribution in [0.2, 0.25) is 0 Å². The van der Waals surface area contributed by atoms with Crippen LogP contribution in [0.3, 0.4) is 0 Å². The molecule has 1 aromatic carbocycles. The van der Waals surface area contributed by atoms with Crippen LogP contribution in [0.5, 0.6) is 0 Å². The van der Waals surface area contributed by atoms with Crippen LogP contribution in [0.25, 0.3) is 0 Å². The lowest BCUT2D eigenvalue weighted by molar-refractivity contribution is -0.119. The highest BCUT2D eigenvalue weighted by Crippen LogP contribution is 2.28. The SMILES string of the molecule is NC(=O)CSc1nnc(SCCC(=O)NC(=O)NCc2ccccc2)s1. The number of imide groups is 1. The molecule has 0 saturated heterocycles. The first-order valence-corrected chi connectivity index (χ1v) is 10.3. The third kappa shape index (κ3) is 7.85. The minimum absolute atomic E-state index is 0.153. The Kier molecular flexibility index (Phi) is 8.38. The first kappa shape index (κ1) is 20.2. The number of carbonyl (C=O) groups excluding carboxylic acids is 3. The fraction of sp³-hybridized carbons (Fsp3) is 0.267. The largest absolute Gasteiger partial charge is 0.369 e. The van der Waals surface area contributed by atoms with E-state index >= 15 is 0 Å². The van der Waals surface area contributed by atoms with Gasteiger partial charge in [0.2, 0.25) is 11.8 Å². The smallest absolute Gasteiger partial charge is 0.321 e. The summed E-state index contributed by atoms with van der Waals surface area (Å²) < 4.78 is 1.34. The maximum atomic E-state index is 11.8. The van der Waals surface area contributed by atoms with Gasteiger partial charge in [-0.1, -0.05) is 65.2 Å². The Morgan fingerprint density at radius 2 is 1.77 bits per heavy atom. The lowest BCUT2D eigenvalue weighted by atomic mass is 10.2. The number of rotatable bonds is 9. The van der Waals surface area contributed by atoms with Gasteiger partial charge in [-0.15, -0.1) is 10.2 Å². The maximum Gasteiger partial charge on any atom is 0.321 e. The van der Waals surface area contributed by atoms with E-state index in [4.69, 9.17) is 5.73 Å². The summed E-state index contributed by atoms with van der Waals surface area (Å²) in [6.07, 6.45) is 0.173. The zero-order valence-corrected chi connectivity index (χ0v) is 16.1. The molecular weight excluding hydrogens is 394 g/mol. The molecule has 0 aliphatic heterocycles. The average molecular weight is 412 g/mol. The van der Waals surface area contributed by atoms with E-state index in [1.54, 1.807) is 0 Å². The summed E-state index contributed by atoms with van der Waals surface area (Å²) >= 11 is 3.92. The van der Waals surface area contributed by atoms with E-state index in [1.165, 1.54) is 34.9 Å². The number of amides is 4. The Bertz CT molecular complexity index is 754. The molecule has 26 heavy (non-hydrogen) atoms. The lowest BCUT2D eigenvalue weighted by Gasteiger charge is -2.06. The Hall–Kier alpha value is -2.11. The Morgan fingerprint density at radius 1 is 1.08 bits per heavy atom. The minimum Gasteiger partial charge on any atom is -0.369 e. The second kappa shape index (κ2) is 10.8. The van der Waals surface area contributed by atoms with Gasteiger partial charge < -0.3 is 11.1 Å². The minimum atomic E-state index is -0.523. The molecule has 0 bridgehead atoms. The van der Waals surface area contributed by atoms with Crippen molar-refractivity contribution in [3.63, 3.8) is 0 Å². The highest BCUT2D eigenvalue weighted by atomic mass is 32.2. The van der Waals surface area contributed by atoms with Gasteiger partial charge >= 0.3 is 6.03 Å². The molecule has 0 aliphatic carbocycles. The molecule has 0 atom stereocenters. The van der Waals surface area contributed by atoms with Gasteiger partial charge in [-0.2, -0.15) is 0 Å². The van der Waals surface area contributed by atoms with E-state index < -0.39 is 11.9 Å². The zero-order chi connectivity index (χ0) is 18.8. The van der Waals surface area contributed by atoms with Gasteiger partial charge in [0.25, 0.3) is 0 Å². The van der Waals surface area contributed by atoms with Crippen molar-refractivity contribution in [2.45, 2.75) is 21.6 Å². The van der Waals surface area contributed by atoms with E-state index in [0.717, 1.165) is 5.56 Å². The quantitative estimate of drug-likeness (QED) is 0.535. The number of benzene rings is 1. The number of aromatic nitrogens is 2. The van der Waals surface area contributed by atoms with E-state index in [0.29, 0.717) is 21.0 Å². The van der Waals surface area contributed by atoms with E-state index in [-0.39, 0.29) is 18.1 Å². The van der Waals surface area contributed by atoms with Gasteiger partial charge in [-0.05, 0) is 5.56 Å². The van der Waals surface area contributed by atoms with Gasteiger partial charge in [0.1, 0.15) is 0 Å². The zero-order valence-electron chi connectivity index (χ0n) is 13.6. The van der Waals surface area contributed by atoms with Gasteiger partial charge in [0.15, 0.2) is 8.68 Å². The Morgan fingerprint density at radius 3 is 2.46 bits per heavy atom. The number of nitrogens with one attached hydrogen (secondary N) is 2. The lowest BCUT2D eigenvalue weighted by Crippen LogP contribution is -2.39. The van der Waals surface area contributed by atoms with Crippen molar-refractivity contribution >= 4 is 52.7 Å². The molecule has 1 aromatic heterocycles. The molecule has 4 N–H and O–H groups in total. The highest BCUT2D eigenvalue weighted by Gasteiger charge is 2.10. The summed E-state index contributed by atoms with van der Waals surface area (Å²) in [5.41, 5.74) is 6.02. The first-order chi connectivity index (χ1) is 12.5. The van der Waals surface area contributed by atoms with Crippen molar-refractivity contribution in [1.29, 1.82) is 0 Å². The molecule has 2 aromatic rings. The number of thioether (sulfide) groups is 2. The number of hydrogen-bond acceptors (Lipinski definition) is 8. The van der Waals surface area contributed by atoms with Crippen LogP contribution in [0.1, 0.15) is 12.0 Å². The standard InChI is InChI=1S/C15H17N5O3S3/c16-11(21)9-25-15-20-19-14(26-15)24-7-6-12(22)18-13(23)17-8-10-4-2-1-3-5-10/h1-5H,6-9H2,(H2,16,21)(H2,17,18,22,23). The first-order valence-electron chi connectivity index (χ1n) is 7.52. The number of carbonyl (C=O) groups is 3. The second-order valence-corrected chi connectivity index (χ2v) is 8.45. The van der Waals surface area contributed by atoms with Crippen LogP contribution >= 0.6 is 34.9 Å². The van der Waals surface area contributed by atoms with Crippen molar-refractivity contribution in [3.05, 3.63) is 35.9 Å². The molecule has 2 rings (SSSR count). The van der Waals surface area contributed by atoms with Crippen LogP contribution in [-0.2, 0) is 16.1 Å². The molecule has 8 nitrogen and oxygen atoms in total. The van der Waals surface area contributed by atoms with Crippen LogP contribution in [-0.4, -0.2) is 39.5 Å². The van der Waals surface area contributed by atoms with Crippen LogP contribution < -0.4 is 16.4 Å². The van der Waals surface area contributed by atoms with Gasteiger partial charge in [0.05, 0.1) is 5.75 Å². The molecule has 4 amide bonds. The summed E-state index contributed by atoms with van der Waals surface area (Å²) in [5, 5.41) is 12.8. The van der Waals surface area contributed by atoms with Crippen molar-refractivity contribution in [2.75, 3.05) is 11.5 Å². The van der Waals surface area contributed by atoms with Gasteiger partial charge in [-0.25, -0.2) is 4.79 Å². The summed E-state index contributed by atoms with van der Waals surface area (Å²) in [7, 11) is 0. The van der Waals surface area contributed by atoms with Crippen molar-refractivity contribution in [2.24, 2.45) is 5.73 Å². The Balaban J connectivity index is 1.62. The number of nitrogens with two attached hydrogens (primary N) is 1. The summed E-state index contributed by atoms with van der Waals surface area (Å²) in [4.78, 5) is 34.2. The highest BCUT2D eigenvalue weighted by molar-refractivity contribution is 8.03. The molecule has 0 fully saturated rings. The number of urea groups is 1. The normalized spacial score (nSPS) is 10.3. The monoisotopic (exact) mass is 411 g/mol. The predicted molar refractivity (Wildman–Crippen MR) is 102 cm³/mol. The van der Waals surface area contributed by atoms with E-state index in [2.05, 4.69) is 20.8 Å². The second-order valence-electron chi connectivity index (χ2n) is 4.90. The molecule has 11 heteroatoms. The maximum absolute atomic E-state index is 11.8. The fourth-order valence-electron chi connectivity index (χ4n) is 1.69. The molecule has 1 heterocycles. The number of nitrogens with zero attached hydrogens (tertiary/aromatic N) is 2. The van der Waals surface area contributed by atoms with Crippen LogP contribution in [0.4, 0.5) is 4.79 Å². The average Bonchev–Trinajstić information content (AvgIpc) is 3.07.